The van der Waals surface area contributed by atoms with Gasteiger partial charge in [-0.3, -0.25) is 4.79 Å². The summed E-state index contributed by atoms with van der Waals surface area (Å²) in [7, 11) is 1.80. The normalized spacial score (nSPS) is 29.0. The predicted molar refractivity (Wildman–Crippen MR) is 52.6 cm³/mol. The fourth-order valence-corrected chi connectivity index (χ4v) is 1.79. The van der Waals surface area contributed by atoms with Gasteiger partial charge in [0.2, 0.25) is 5.91 Å². The lowest BCUT2D eigenvalue weighted by atomic mass is 10.1. The van der Waals surface area contributed by atoms with E-state index in [2.05, 4.69) is 24.5 Å². The van der Waals surface area contributed by atoms with Gasteiger partial charge in [-0.25, -0.2) is 0 Å². The van der Waals surface area contributed by atoms with Crippen LogP contribution in [0, 0.1) is 0 Å². The summed E-state index contributed by atoms with van der Waals surface area (Å²) in [6.07, 6.45) is 0. The fourth-order valence-electron chi connectivity index (χ4n) is 1.79. The average molecular weight is 185 g/mol. The Morgan fingerprint density at radius 1 is 1.46 bits per heavy atom. The lowest BCUT2D eigenvalue weighted by Gasteiger charge is -2.36. The van der Waals surface area contributed by atoms with Gasteiger partial charge in [-0.1, -0.05) is 0 Å². The fraction of sp³-hybridized carbons (Fsp3) is 0.889. The van der Waals surface area contributed by atoms with Gasteiger partial charge in [-0.2, -0.15) is 0 Å². The zero-order chi connectivity index (χ0) is 9.84. The molecule has 1 aliphatic heterocycles. The molecule has 0 aliphatic carbocycles. The second-order valence-corrected chi connectivity index (χ2v) is 3.80. The minimum atomic E-state index is 0.197. The van der Waals surface area contributed by atoms with Gasteiger partial charge in [0, 0.05) is 25.2 Å². The van der Waals surface area contributed by atoms with E-state index in [-0.39, 0.29) is 5.91 Å². The van der Waals surface area contributed by atoms with Crippen molar-refractivity contribution < 1.29 is 4.79 Å². The highest BCUT2D eigenvalue weighted by atomic mass is 16.2. The molecular formula is C9H19N3O. The monoisotopic (exact) mass is 185 g/mol. The third-order valence-corrected chi connectivity index (χ3v) is 2.24. The summed E-state index contributed by atoms with van der Waals surface area (Å²) in [5, 5.41) is 6.27. The van der Waals surface area contributed by atoms with Gasteiger partial charge in [0.05, 0.1) is 6.54 Å². The summed E-state index contributed by atoms with van der Waals surface area (Å²) in [6, 6.07) is 0.814. The number of hydrogen-bond acceptors (Lipinski definition) is 3. The SMILES string of the molecule is CNCC(=O)N1CC(C)NC(C)C1. The zero-order valence-electron chi connectivity index (χ0n) is 8.63. The Labute approximate surface area is 79.7 Å². The molecule has 13 heavy (non-hydrogen) atoms. The molecular weight excluding hydrogens is 166 g/mol. The summed E-state index contributed by atoms with van der Waals surface area (Å²) in [5.41, 5.74) is 0. The number of nitrogens with zero attached hydrogens (tertiary/aromatic N) is 1. The Morgan fingerprint density at radius 2 is 2.00 bits per heavy atom. The van der Waals surface area contributed by atoms with Crippen LogP contribution < -0.4 is 10.6 Å². The van der Waals surface area contributed by atoms with Crippen molar-refractivity contribution in [2.75, 3.05) is 26.7 Å². The van der Waals surface area contributed by atoms with Crippen LogP contribution >= 0.6 is 0 Å². The minimum absolute atomic E-state index is 0.197. The lowest BCUT2D eigenvalue weighted by molar-refractivity contribution is -0.131. The van der Waals surface area contributed by atoms with Crippen LogP contribution in [0.4, 0.5) is 0 Å². The van der Waals surface area contributed by atoms with Crippen LogP contribution in [0.25, 0.3) is 0 Å². The van der Waals surface area contributed by atoms with Crippen molar-refractivity contribution in [2.24, 2.45) is 0 Å². The van der Waals surface area contributed by atoms with E-state index in [0.29, 0.717) is 18.6 Å². The Balaban J connectivity index is 2.45. The second-order valence-electron chi connectivity index (χ2n) is 3.80. The van der Waals surface area contributed by atoms with E-state index in [4.69, 9.17) is 0 Å². The number of hydrogen-bond donors (Lipinski definition) is 2. The maximum Gasteiger partial charge on any atom is 0.236 e. The first-order valence-corrected chi connectivity index (χ1v) is 4.82. The van der Waals surface area contributed by atoms with Crippen molar-refractivity contribution in [3.8, 4) is 0 Å². The minimum Gasteiger partial charge on any atom is -0.338 e. The summed E-state index contributed by atoms with van der Waals surface area (Å²) >= 11 is 0. The first-order valence-electron chi connectivity index (χ1n) is 4.82. The summed E-state index contributed by atoms with van der Waals surface area (Å²) in [4.78, 5) is 13.4. The third-order valence-electron chi connectivity index (χ3n) is 2.24. The molecule has 1 amide bonds. The molecule has 1 saturated heterocycles. The summed E-state index contributed by atoms with van der Waals surface area (Å²) in [6.45, 7) is 6.31. The van der Waals surface area contributed by atoms with E-state index in [1.54, 1.807) is 7.05 Å². The largest absolute Gasteiger partial charge is 0.338 e. The number of rotatable bonds is 2. The molecule has 2 N–H and O–H groups in total. The van der Waals surface area contributed by atoms with Crippen LogP contribution in [0.15, 0.2) is 0 Å². The molecule has 1 heterocycles. The predicted octanol–water partition coefficient (Wildman–Crippen LogP) is -0.585. The van der Waals surface area contributed by atoms with Crippen molar-refractivity contribution in [2.45, 2.75) is 25.9 Å². The molecule has 1 aliphatic rings. The van der Waals surface area contributed by atoms with Gasteiger partial charge in [0.15, 0.2) is 0 Å². The first kappa shape index (κ1) is 10.5. The number of carbonyl (C=O) groups excluding carboxylic acids is 1. The number of piperazine rings is 1. The van der Waals surface area contributed by atoms with Gasteiger partial charge >= 0.3 is 0 Å². The van der Waals surface area contributed by atoms with Crippen molar-refractivity contribution in [3.05, 3.63) is 0 Å². The zero-order valence-corrected chi connectivity index (χ0v) is 8.63. The van der Waals surface area contributed by atoms with E-state index >= 15 is 0 Å². The highest BCUT2D eigenvalue weighted by molar-refractivity contribution is 5.78. The lowest BCUT2D eigenvalue weighted by Crippen LogP contribution is -2.57. The average Bonchev–Trinajstić information content (AvgIpc) is 2.03. The second kappa shape index (κ2) is 4.58. The van der Waals surface area contributed by atoms with Gasteiger partial charge in [-0.15, -0.1) is 0 Å². The van der Waals surface area contributed by atoms with Crippen molar-refractivity contribution in [1.82, 2.24) is 15.5 Å². The molecule has 2 unspecified atom stereocenters. The van der Waals surface area contributed by atoms with Crippen LogP contribution in [0.5, 0.6) is 0 Å². The van der Waals surface area contributed by atoms with E-state index in [0.717, 1.165) is 13.1 Å². The van der Waals surface area contributed by atoms with Crippen molar-refractivity contribution >= 4 is 5.91 Å². The molecule has 1 fully saturated rings. The molecule has 0 aromatic rings. The quantitative estimate of drug-likeness (QED) is 0.604. The number of carbonyl (C=O) groups is 1. The van der Waals surface area contributed by atoms with Crippen LogP contribution in [0.1, 0.15) is 13.8 Å². The first-order chi connectivity index (χ1) is 6.13. The molecule has 0 bridgehead atoms. The van der Waals surface area contributed by atoms with Crippen LogP contribution in [-0.4, -0.2) is 49.6 Å². The molecule has 4 nitrogen and oxygen atoms in total. The molecule has 0 aromatic carbocycles. The van der Waals surface area contributed by atoms with Gasteiger partial charge in [0.1, 0.15) is 0 Å². The maximum absolute atomic E-state index is 11.5. The van der Waals surface area contributed by atoms with Crippen LogP contribution in [-0.2, 0) is 4.79 Å². The topological polar surface area (TPSA) is 44.4 Å². The molecule has 4 heteroatoms. The van der Waals surface area contributed by atoms with Crippen molar-refractivity contribution in [3.63, 3.8) is 0 Å². The molecule has 0 radical (unpaired) electrons. The van der Waals surface area contributed by atoms with Crippen LogP contribution in [0.3, 0.4) is 0 Å². The van der Waals surface area contributed by atoms with Crippen LogP contribution in [0.2, 0.25) is 0 Å². The summed E-state index contributed by atoms with van der Waals surface area (Å²) < 4.78 is 0. The Hall–Kier alpha value is -0.610. The Morgan fingerprint density at radius 3 is 2.46 bits per heavy atom. The number of nitrogens with one attached hydrogen (secondary N) is 2. The highest BCUT2D eigenvalue weighted by Crippen LogP contribution is 2.03. The maximum atomic E-state index is 11.5. The third kappa shape index (κ3) is 2.97. The standard InChI is InChI=1S/C9H19N3O/c1-7-5-12(6-8(2)11-7)9(13)4-10-3/h7-8,10-11H,4-6H2,1-3H3. The highest BCUT2D eigenvalue weighted by Gasteiger charge is 2.23. The van der Waals surface area contributed by atoms with E-state index in [1.807, 2.05) is 4.90 Å². The van der Waals surface area contributed by atoms with Gasteiger partial charge in [0.25, 0.3) is 0 Å². The molecule has 0 saturated carbocycles. The molecule has 1 rings (SSSR count). The van der Waals surface area contributed by atoms with Gasteiger partial charge < -0.3 is 15.5 Å². The molecule has 2 atom stereocenters. The number of amides is 1. The van der Waals surface area contributed by atoms with E-state index < -0.39 is 0 Å². The van der Waals surface area contributed by atoms with E-state index in [9.17, 15) is 4.79 Å². The van der Waals surface area contributed by atoms with E-state index in [1.165, 1.54) is 0 Å². The van der Waals surface area contributed by atoms with Crippen molar-refractivity contribution in [1.29, 1.82) is 0 Å². The summed E-state index contributed by atoms with van der Waals surface area (Å²) in [5.74, 6) is 0.197. The smallest absolute Gasteiger partial charge is 0.236 e. The van der Waals surface area contributed by atoms with Gasteiger partial charge in [-0.05, 0) is 20.9 Å². The molecule has 76 valence electrons. The Bertz CT molecular complexity index is 174. The Kier molecular flexibility index (Phi) is 3.69. The number of likely N-dealkylation sites (N-methyl/N-ethyl adjacent to an activating group) is 1. The molecule has 0 aromatic heterocycles. The molecule has 0 spiro atoms.